The van der Waals surface area contributed by atoms with Crippen LogP contribution in [0.2, 0.25) is 0 Å². The minimum Gasteiger partial charge on any atom is -0.497 e. The van der Waals surface area contributed by atoms with E-state index < -0.39 is 0 Å². The maximum absolute atomic E-state index is 13.1. The van der Waals surface area contributed by atoms with Gasteiger partial charge >= 0.3 is 0 Å². The number of hydrogen-bond acceptors (Lipinski definition) is 5. The molecule has 1 fully saturated rings. The average Bonchev–Trinajstić information content (AvgIpc) is 3.50. The van der Waals surface area contributed by atoms with E-state index in [0.29, 0.717) is 6.54 Å². The van der Waals surface area contributed by atoms with Crippen molar-refractivity contribution >= 4 is 17.2 Å². The maximum Gasteiger partial charge on any atom is 0.234 e. The van der Waals surface area contributed by atoms with Crippen molar-refractivity contribution in [2.24, 2.45) is 0 Å². The lowest BCUT2D eigenvalue weighted by Gasteiger charge is -2.27. The summed E-state index contributed by atoms with van der Waals surface area (Å²) in [5, 5.41) is 5.30. The predicted octanol–water partition coefficient (Wildman–Crippen LogP) is 4.81. The normalized spacial score (nSPS) is 17.3. The molecule has 6 heteroatoms. The molecule has 2 aromatic carbocycles. The molecule has 0 aliphatic carbocycles. The first kappa shape index (κ1) is 21.4. The molecule has 2 heterocycles. The van der Waals surface area contributed by atoms with Gasteiger partial charge in [-0.05, 0) is 54.6 Å². The lowest BCUT2D eigenvalue weighted by Crippen LogP contribution is -2.38. The van der Waals surface area contributed by atoms with Crippen molar-refractivity contribution < 1.29 is 14.3 Å². The van der Waals surface area contributed by atoms with Gasteiger partial charge in [-0.15, -0.1) is 11.3 Å². The number of carbonyl (C=O) groups is 1. The maximum atomic E-state index is 13.1. The molecular weight excluding hydrogens is 408 g/mol. The van der Waals surface area contributed by atoms with Gasteiger partial charge in [-0.2, -0.15) is 0 Å². The van der Waals surface area contributed by atoms with Crippen molar-refractivity contribution in [1.82, 2.24) is 10.2 Å². The second kappa shape index (κ2) is 9.98. The van der Waals surface area contributed by atoms with Crippen LogP contribution in [0.15, 0.2) is 66.0 Å². The van der Waals surface area contributed by atoms with E-state index in [2.05, 4.69) is 28.4 Å². The number of hydrogen-bond donors (Lipinski definition) is 1. The standard InChI is InChI=1S/C25H28N2O3S/c1-29-19-12-13-22(30-2)20(16-19)21-10-6-14-27(21)17-24(28)26-25(23-11-7-15-31-23)18-8-4-3-5-9-18/h3-5,7-9,11-13,15-16,21,25H,6,10,14,17H2,1-2H3,(H,26,28)/t21-,25-/m0/s1. The van der Waals surface area contributed by atoms with Crippen LogP contribution in [-0.2, 0) is 4.79 Å². The number of rotatable bonds is 8. The summed E-state index contributed by atoms with van der Waals surface area (Å²) in [6.45, 7) is 1.23. The summed E-state index contributed by atoms with van der Waals surface area (Å²) < 4.78 is 11.0. The number of likely N-dealkylation sites (tertiary alicyclic amines) is 1. The van der Waals surface area contributed by atoms with Crippen LogP contribution in [0.3, 0.4) is 0 Å². The number of benzene rings is 2. The molecule has 1 aromatic heterocycles. The predicted molar refractivity (Wildman–Crippen MR) is 124 cm³/mol. The van der Waals surface area contributed by atoms with E-state index in [1.54, 1.807) is 25.6 Å². The molecule has 4 rings (SSSR count). The molecular formula is C25H28N2O3S. The Morgan fingerprint density at radius 3 is 2.68 bits per heavy atom. The Morgan fingerprint density at radius 1 is 1.13 bits per heavy atom. The Bertz CT molecular complexity index is 991. The van der Waals surface area contributed by atoms with E-state index in [-0.39, 0.29) is 18.0 Å². The van der Waals surface area contributed by atoms with E-state index in [9.17, 15) is 4.79 Å². The highest BCUT2D eigenvalue weighted by Crippen LogP contribution is 2.38. The minimum absolute atomic E-state index is 0.0241. The molecule has 0 radical (unpaired) electrons. The van der Waals surface area contributed by atoms with Crippen molar-refractivity contribution in [3.8, 4) is 11.5 Å². The Morgan fingerprint density at radius 2 is 1.97 bits per heavy atom. The molecule has 0 bridgehead atoms. The molecule has 1 amide bonds. The van der Waals surface area contributed by atoms with Crippen molar-refractivity contribution in [3.05, 3.63) is 82.0 Å². The van der Waals surface area contributed by atoms with Crippen LogP contribution in [0.4, 0.5) is 0 Å². The fraction of sp³-hybridized carbons (Fsp3) is 0.320. The molecule has 31 heavy (non-hydrogen) atoms. The van der Waals surface area contributed by atoms with E-state index in [1.165, 1.54) is 0 Å². The van der Waals surface area contributed by atoms with Crippen molar-refractivity contribution in [2.75, 3.05) is 27.3 Å². The van der Waals surface area contributed by atoms with Gasteiger partial charge < -0.3 is 14.8 Å². The summed E-state index contributed by atoms with van der Waals surface area (Å²) >= 11 is 1.66. The zero-order chi connectivity index (χ0) is 21.6. The topological polar surface area (TPSA) is 50.8 Å². The molecule has 2 atom stereocenters. The van der Waals surface area contributed by atoms with Gasteiger partial charge in [0.25, 0.3) is 0 Å². The second-order valence-electron chi connectivity index (χ2n) is 7.66. The first-order valence-electron chi connectivity index (χ1n) is 10.5. The van der Waals surface area contributed by atoms with Crippen LogP contribution >= 0.6 is 11.3 Å². The zero-order valence-electron chi connectivity index (χ0n) is 17.9. The summed E-state index contributed by atoms with van der Waals surface area (Å²) in [5.74, 6) is 1.66. The molecule has 5 nitrogen and oxygen atoms in total. The van der Waals surface area contributed by atoms with Gasteiger partial charge in [0, 0.05) is 16.5 Å². The quantitative estimate of drug-likeness (QED) is 0.551. The van der Waals surface area contributed by atoms with E-state index in [0.717, 1.165) is 46.9 Å². The summed E-state index contributed by atoms with van der Waals surface area (Å²) in [7, 11) is 3.35. The van der Waals surface area contributed by atoms with Gasteiger partial charge in [-0.25, -0.2) is 0 Å². The van der Waals surface area contributed by atoms with Crippen molar-refractivity contribution in [1.29, 1.82) is 0 Å². The SMILES string of the molecule is COc1ccc(OC)c([C@@H]2CCCN2CC(=O)N[C@@H](c2ccccc2)c2cccs2)c1. The fourth-order valence-corrected chi connectivity index (χ4v) is 5.08. The highest BCUT2D eigenvalue weighted by Gasteiger charge is 2.31. The Hall–Kier alpha value is -2.83. The van der Waals surface area contributed by atoms with Gasteiger partial charge in [-0.1, -0.05) is 36.4 Å². The highest BCUT2D eigenvalue weighted by atomic mass is 32.1. The molecule has 0 spiro atoms. The number of nitrogens with one attached hydrogen (secondary N) is 1. The second-order valence-corrected chi connectivity index (χ2v) is 8.64. The molecule has 0 saturated carbocycles. The zero-order valence-corrected chi connectivity index (χ0v) is 18.7. The first-order chi connectivity index (χ1) is 15.2. The monoisotopic (exact) mass is 436 g/mol. The van der Waals surface area contributed by atoms with Gasteiger partial charge in [0.2, 0.25) is 5.91 Å². The van der Waals surface area contributed by atoms with E-state index >= 15 is 0 Å². The molecule has 162 valence electrons. The van der Waals surface area contributed by atoms with Gasteiger partial charge in [0.1, 0.15) is 11.5 Å². The number of thiophene rings is 1. The lowest BCUT2D eigenvalue weighted by molar-refractivity contribution is -0.123. The smallest absolute Gasteiger partial charge is 0.234 e. The van der Waals surface area contributed by atoms with Crippen LogP contribution in [0.1, 0.15) is 40.9 Å². The number of carbonyl (C=O) groups excluding carboxylic acids is 1. The Kier molecular flexibility index (Phi) is 6.89. The van der Waals surface area contributed by atoms with Crippen LogP contribution in [-0.4, -0.2) is 38.1 Å². The highest BCUT2D eigenvalue weighted by molar-refractivity contribution is 7.10. The van der Waals surface area contributed by atoms with Crippen LogP contribution in [0, 0.1) is 0 Å². The van der Waals surface area contributed by atoms with E-state index in [4.69, 9.17) is 9.47 Å². The molecule has 3 aromatic rings. The van der Waals surface area contributed by atoms with Crippen molar-refractivity contribution in [3.63, 3.8) is 0 Å². The van der Waals surface area contributed by atoms with Crippen LogP contribution in [0.25, 0.3) is 0 Å². The van der Waals surface area contributed by atoms with Gasteiger partial charge in [0.15, 0.2) is 0 Å². The van der Waals surface area contributed by atoms with Crippen LogP contribution in [0.5, 0.6) is 11.5 Å². The molecule has 1 aliphatic rings. The average molecular weight is 437 g/mol. The Labute approximate surface area is 187 Å². The third kappa shape index (κ3) is 4.92. The summed E-state index contributed by atoms with van der Waals surface area (Å²) in [4.78, 5) is 16.5. The van der Waals surface area contributed by atoms with Crippen molar-refractivity contribution in [2.45, 2.75) is 24.9 Å². The molecule has 1 aliphatic heterocycles. The third-order valence-corrected chi connectivity index (χ3v) is 6.71. The van der Waals surface area contributed by atoms with E-state index in [1.807, 2.05) is 47.8 Å². The number of nitrogens with zero attached hydrogens (tertiary/aromatic N) is 1. The lowest BCUT2D eigenvalue weighted by atomic mass is 10.0. The summed E-state index contributed by atoms with van der Waals surface area (Å²) in [6, 6.07) is 20.1. The summed E-state index contributed by atoms with van der Waals surface area (Å²) in [5.41, 5.74) is 2.16. The third-order valence-electron chi connectivity index (χ3n) is 5.77. The van der Waals surface area contributed by atoms with Gasteiger partial charge in [0.05, 0.1) is 26.8 Å². The molecule has 0 unspecified atom stereocenters. The summed E-state index contributed by atoms with van der Waals surface area (Å²) in [6.07, 6.45) is 2.04. The first-order valence-corrected chi connectivity index (χ1v) is 11.4. The number of methoxy groups -OCH3 is 2. The largest absolute Gasteiger partial charge is 0.497 e. The minimum atomic E-state index is -0.138. The van der Waals surface area contributed by atoms with Crippen LogP contribution < -0.4 is 14.8 Å². The number of ether oxygens (including phenoxy) is 2. The Balaban J connectivity index is 1.51. The number of amides is 1. The molecule has 1 N–H and O–H groups in total. The molecule has 1 saturated heterocycles. The van der Waals surface area contributed by atoms with Gasteiger partial charge in [-0.3, -0.25) is 9.69 Å². The fourth-order valence-electron chi connectivity index (χ4n) is 4.28.